The number of aromatic nitrogens is 2. The van der Waals surface area contributed by atoms with Gasteiger partial charge in [-0.05, 0) is 31.9 Å². The maximum Gasteiger partial charge on any atom is 0.261 e. The third-order valence-electron chi connectivity index (χ3n) is 3.81. The Balaban J connectivity index is 1.65. The van der Waals surface area contributed by atoms with Gasteiger partial charge in [-0.2, -0.15) is 0 Å². The van der Waals surface area contributed by atoms with Crippen LogP contribution in [0.25, 0.3) is 0 Å². The predicted octanol–water partition coefficient (Wildman–Crippen LogP) is 2.72. The van der Waals surface area contributed by atoms with Crippen LogP contribution in [-0.2, 0) is 4.79 Å². The van der Waals surface area contributed by atoms with Crippen LogP contribution in [0.4, 0.5) is 0 Å². The van der Waals surface area contributed by atoms with Gasteiger partial charge in [-0.25, -0.2) is 0 Å². The molecule has 0 saturated carbocycles. The number of amides is 2. The van der Waals surface area contributed by atoms with Crippen LogP contribution in [0.5, 0.6) is 0 Å². The SMILES string of the molecule is CNC(=O)c1ccc([C@H]2CCCN2C(=O)CSc2nnc(C)s2)s1. The van der Waals surface area contributed by atoms with Gasteiger partial charge in [0, 0.05) is 18.5 Å². The summed E-state index contributed by atoms with van der Waals surface area (Å²) in [6, 6.07) is 3.88. The van der Waals surface area contributed by atoms with E-state index in [1.165, 1.54) is 34.4 Å². The third-order valence-corrected chi connectivity index (χ3v) is 6.95. The Morgan fingerprint density at radius 3 is 2.92 bits per heavy atom. The van der Waals surface area contributed by atoms with E-state index < -0.39 is 0 Å². The second-order valence-corrected chi connectivity index (χ2v) is 8.92. The second-order valence-electron chi connectivity index (χ2n) is 5.40. The van der Waals surface area contributed by atoms with Crippen molar-refractivity contribution in [3.8, 4) is 0 Å². The molecule has 24 heavy (non-hydrogen) atoms. The molecule has 1 N–H and O–H groups in total. The maximum atomic E-state index is 12.6. The number of likely N-dealkylation sites (tertiary alicyclic amines) is 1. The van der Waals surface area contributed by atoms with E-state index in [0.717, 1.165) is 33.6 Å². The number of nitrogens with zero attached hydrogens (tertiary/aromatic N) is 3. The molecule has 2 aromatic rings. The van der Waals surface area contributed by atoms with E-state index in [0.29, 0.717) is 10.6 Å². The van der Waals surface area contributed by atoms with Gasteiger partial charge < -0.3 is 10.2 Å². The van der Waals surface area contributed by atoms with Crippen LogP contribution in [0.1, 0.15) is 38.4 Å². The summed E-state index contributed by atoms with van der Waals surface area (Å²) in [5.41, 5.74) is 0. The fourth-order valence-corrected chi connectivity index (χ4v) is 5.48. The molecule has 2 amide bonds. The van der Waals surface area contributed by atoms with Crippen molar-refractivity contribution in [3.63, 3.8) is 0 Å². The number of hydrogen-bond acceptors (Lipinski definition) is 7. The molecule has 0 aliphatic carbocycles. The average Bonchev–Trinajstić information content (AvgIpc) is 3.31. The van der Waals surface area contributed by atoms with E-state index in [1.807, 2.05) is 24.0 Å². The van der Waals surface area contributed by atoms with Crippen molar-refractivity contribution in [3.05, 3.63) is 26.9 Å². The van der Waals surface area contributed by atoms with Crippen molar-refractivity contribution < 1.29 is 9.59 Å². The summed E-state index contributed by atoms with van der Waals surface area (Å²) in [6.45, 7) is 2.67. The summed E-state index contributed by atoms with van der Waals surface area (Å²) in [5.74, 6) is 0.410. The van der Waals surface area contributed by atoms with Gasteiger partial charge in [0.25, 0.3) is 5.91 Å². The molecule has 128 valence electrons. The van der Waals surface area contributed by atoms with Gasteiger partial charge in [-0.3, -0.25) is 9.59 Å². The number of hydrogen-bond donors (Lipinski definition) is 1. The molecule has 1 aliphatic heterocycles. The molecule has 0 spiro atoms. The number of carbonyl (C=O) groups is 2. The molecular weight excluding hydrogens is 364 g/mol. The van der Waals surface area contributed by atoms with Crippen LogP contribution in [0.3, 0.4) is 0 Å². The number of nitrogens with one attached hydrogen (secondary N) is 1. The van der Waals surface area contributed by atoms with Gasteiger partial charge in [-0.1, -0.05) is 23.1 Å². The van der Waals surface area contributed by atoms with Gasteiger partial charge in [0.05, 0.1) is 16.7 Å². The fraction of sp³-hybridized carbons (Fsp3) is 0.467. The quantitative estimate of drug-likeness (QED) is 0.805. The molecule has 1 saturated heterocycles. The molecule has 0 aromatic carbocycles. The highest BCUT2D eigenvalue weighted by Crippen LogP contribution is 2.36. The Kier molecular flexibility index (Phi) is 5.52. The molecule has 2 aromatic heterocycles. The first-order valence-electron chi connectivity index (χ1n) is 7.62. The summed E-state index contributed by atoms with van der Waals surface area (Å²) in [4.78, 5) is 28.0. The van der Waals surface area contributed by atoms with Gasteiger partial charge in [0.2, 0.25) is 5.91 Å². The summed E-state index contributed by atoms with van der Waals surface area (Å²) in [7, 11) is 1.62. The zero-order valence-corrected chi connectivity index (χ0v) is 15.9. The van der Waals surface area contributed by atoms with E-state index >= 15 is 0 Å². The molecule has 0 unspecified atom stereocenters. The molecule has 3 rings (SSSR count). The van der Waals surface area contributed by atoms with Crippen molar-refractivity contribution in [2.24, 2.45) is 0 Å². The lowest BCUT2D eigenvalue weighted by Crippen LogP contribution is -2.31. The van der Waals surface area contributed by atoms with Crippen LogP contribution in [-0.4, -0.2) is 46.3 Å². The number of thioether (sulfide) groups is 1. The van der Waals surface area contributed by atoms with E-state index in [4.69, 9.17) is 0 Å². The minimum Gasteiger partial charge on any atom is -0.354 e. The lowest BCUT2D eigenvalue weighted by atomic mass is 10.2. The zero-order chi connectivity index (χ0) is 17.1. The first-order chi connectivity index (χ1) is 11.6. The second kappa shape index (κ2) is 7.62. The predicted molar refractivity (Wildman–Crippen MR) is 96.8 cm³/mol. The summed E-state index contributed by atoms with van der Waals surface area (Å²) >= 11 is 4.42. The van der Waals surface area contributed by atoms with E-state index in [1.54, 1.807) is 7.05 Å². The van der Waals surface area contributed by atoms with Crippen LogP contribution < -0.4 is 5.32 Å². The Morgan fingerprint density at radius 1 is 1.38 bits per heavy atom. The zero-order valence-electron chi connectivity index (χ0n) is 13.4. The Bertz CT molecular complexity index is 743. The molecule has 3 heterocycles. The first-order valence-corrected chi connectivity index (χ1v) is 10.2. The van der Waals surface area contributed by atoms with Crippen LogP contribution in [0, 0.1) is 6.92 Å². The fourth-order valence-electron chi connectivity index (χ4n) is 2.68. The van der Waals surface area contributed by atoms with Crippen LogP contribution in [0.15, 0.2) is 16.5 Å². The smallest absolute Gasteiger partial charge is 0.261 e. The van der Waals surface area contributed by atoms with Crippen LogP contribution >= 0.6 is 34.4 Å². The molecule has 9 heteroatoms. The van der Waals surface area contributed by atoms with Gasteiger partial charge in [0.15, 0.2) is 4.34 Å². The van der Waals surface area contributed by atoms with Crippen molar-refractivity contribution in [1.29, 1.82) is 0 Å². The molecule has 0 radical (unpaired) electrons. The standard InChI is InChI=1S/C15H18N4O2S3/c1-9-17-18-15(23-9)22-8-13(20)19-7-3-4-10(19)11-5-6-12(24-11)14(21)16-2/h5-6,10H,3-4,7-8H2,1-2H3,(H,16,21)/t10-/m1/s1. The number of thiophene rings is 1. The lowest BCUT2D eigenvalue weighted by Gasteiger charge is -2.23. The Labute approximate surface area is 152 Å². The van der Waals surface area contributed by atoms with Gasteiger partial charge in [-0.15, -0.1) is 21.5 Å². The Hall–Kier alpha value is -1.45. The molecule has 1 aliphatic rings. The lowest BCUT2D eigenvalue weighted by molar-refractivity contribution is -0.129. The summed E-state index contributed by atoms with van der Waals surface area (Å²) in [6.07, 6.45) is 1.94. The Morgan fingerprint density at radius 2 is 2.21 bits per heavy atom. The summed E-state index contributed by atoms with van der Waals surface area (Å²) < 4.78 is 0.828. The normalized spacial score (nSPS) is 17.2. The van der Waals surface area contributed by atoms with E-state index in [9.17, 15) is 9.59 Å². The minimum absolute atomic E-state index is 0.0793. The third kappa shape index (κ3) is 3.79. The van der Waals surface area contributed by atoms with Crippen molar-refractivity contribution in [1.82, 2.24) is 20.4 Å². The summed E-state index contributed by atoms with van der Waals surface area (Å²) in [5, 5.41) is 11.6. The first kappa shape index (κ1) is 17.4. The molecule has 1 atom stereocenters. The minimum atomic E-state index is -0.0793. The average molecular weight is 383 g/mol. The van der Waals surface area contributed by atoms with Crippen molar-refractivity contribution in [2.75, 3.05) is 19.3 Å². The van der Waals surface area contributed by atoms with Crippen LogP contribution in [0.2, 0.25) is 0 Å². The molecular formula is C15H18N4O2S3. The highest BCUT2D eigenvalue weighted by molar-refractivity contribution is 8.01. The number of carbonyl (C=O) groups excluding carboxylic acids is 2. The van der Waals surface area contributed by atoms with Crippen molar-refractivity contribution >= 4 is 46.2 Å². The van der Waals surface area contributed by atoms with Gasteiger partial charge >= 0.3 is 0 Å². The largest absolute Gasteiger partial charge is 0.354 e. The topological polar surface area (TPSA) is 75.2 Å². The number of aryl methyl sites for hydroxylation is 1. The number of rotatable bonds is 5. The monoisotopic (exact) mass is 382 g/mol. The maximum absolute atomic E-state index is 12.6. The van der Waals surface area contributed by atoms with Gasteiger partial charge in [0.1, 0.15) is 5.01 Å². The molecule has 0 bridgehead atoms. The van der Waals surface area contributed by atoms with Crippen molar-refractivity contribution in [2.45, 2.75) is 30.1 Å². The highest BCUT2D eigenvalue weighted by Gasteiger charge is 2.31. The molecule has 1 fully saturated rings. The van der Waals surface area contributed by atoms with E-state index in [2.05, 4.69) is 15.5 Å². The molecule has 6 nitrogen and oxygen atoms in total. The van der Waals surface area contributed by atoms with E-state index in [-0.39, 0.29) is 17.9 Å². The highest BCUT2D eigenvalue weighted by atomic mass is 32.2.